The molecular weight excluding hydrogens is 154 g/mol. The third-order valence-corrected chi connectivity index (χ3v) is 1.55. The summed E-state index contributed by atoms with van der Waals surface area (Å²) in [5, 5.41) is 20.8. The molecule has 0 heterocycles. The average Bonchev–Trinajstić information content (AvgIpc) is 2.09. The lowest BCUT2D eigenvalue weighted by Gasteiger charge is -2.06. The van der Waals surface area contributed by atoms with Crippen LogP contribution in [0.15, 0.2) is 24.3 Å². The molecule has 1 rings (SSSR count). The van der Waals surface area contributed by atoms with Crippen LogP contribution in [0, 0.1) is 0 Å². The van der Waals surface area contributed by atoms with Crippen molar-refractivity contribution < 1.29 is 10.2 Å². The zero-order chi connectivity index (χ0) is 8.81. The molecule has 3 heteroatoms. The zero-order valence-corrected chi connectivity index (χ0v) is 6.83. The van der Waals surface area contributed by atoms with E-state index in [0.717, 1.165) is 0 Å². The van der Waals surface area contributed by atoms with Gasteiger partial charge in [0.15, 0.2) is 0 Å². The van der Waals surface area contributed by atoms with Gasteiger partial charge in [0.2, 0.25) is 0 Å². The second-order valence-electron chi connectivity index (χ2n) is 2.52. The van der Waals surface area contributed by atoms with Crippen LogP contribution in [-0.2, 0) is 0 Å². The fourth-order valence-corrected chi connectivity index (χ4v) is 0.925. The van der Waals surface area contributed by atoms with Gasteiger partial charge in [-0.3, -0.25) is 0 Å². The van der Waals surface area contributed by atoms with Gasteiger partial charge in [0.1, 0.15) is 5.75 Å². The minimum Gasteiger partial charge on any atom is -0.506 e. The van der Waals surface area contributed by atoms with E-state index in [1.165, 1.54) is 0 Å². The molecule has 1 aromatic rings. The number of aliphatic hydroxyl groups is 1. The SMILES string of the molecule is OCCCNc1ccccc1O. The Labute approximate surface area is 71.7 Å². The quantitative estimate of drug-likeness (QED) is 0.466. The van der Waals surface area contributed by atoms with E-state index in [0.29, 0.717) is 18.7 Å². The van der Waals surface area contributed by atoms with E-state index in [2.05, 4.69) is 5.32 Å². The molecule has 0 saturated carbocycles. The van der Waals surface area contributed by atoms with E-state index in [1.54, 1.807) is 18.2 Å². The minimum atomic E-state index is 0.167. The van der Waals surface area contributed by atoms with Crippen LogP contribution < -0.4 is 5.32 Å². The van der Waals surface area contributed by atoms with Crippen LogP contribution in [0.5, 0.6) is 5.75 Å². The van der Waals surface area contributed by atoms with Gasteiger partial charge >= 0.3 is 0 Å². The van der Waals surface area contributed by atoms with Crippen LogP contribution >= 0.6 is 0 Å². The van der Waals surface area contributed by atoms with Gasteiger partial charge in [-0.15, -0.1) is 0 Å². The number of anilines is 1. The number of benzene rings is 1. The molecule has 0 amide bonds. The largest absolute Gasteiger partial charge is 0.506 e. The second-order valence-corrected chi connectivity index (χ2v) is 2.52. The molecule has 3 nitrogen and oxygen atoms in total. The molecule has 12 heavy (non-hydrogen) atoms. The lowest BCUT2D eigenvalue weighted by atomic mass is 10.3. The Hall–Kier alpha value is -1.22. The molecule has 0 aliphatic carbocycles. The molecule has 0 radical (unpaired) electrons. The second kappa shape index (κ2) is 4.62. The number of aromatic hydroxyl groups is 1. The summed E-state index contributed by atoms with van der Waals surface area (Å²) in [5.74, 6) is 0.246. The van der Waals surface area contributed by atoms with Crippen molar-refractivity contribution in [1.82, 2.24) is 0 Å². The number of nitrogens with one attached hydrogen (secondary N) is 1. The Morgan fingerprint density at radius 1 is 1.25 bits per heavy atom. The van der Waals surface area contributed by atoms with Crippen molar-refractivity contribution in [2.24, 2.45) is 0 Å². The van der Waals surface area contributed by atoms with Crippen LogP contribution in [0.25, 0.3) is 0 Å². The maximum atomic E-state index is 9.28. The van der Waals surface area contributed by atoms with Crippen LogP contribution in [-0.4, -0.2) is 23.4 Å². The predicted octanol–water partition coefficient (Wildman–Crippen LogP) is 1.19. The molecule has 0 saturated heterocycles. The van der Waals surface area contributed by atoms with Gasteiger partial charge in [-0.2, -0.15) is 0 Å². The highest BCUT2D eigenvalue weighted by Crippen LogP contribution is 2.20. The number of aliphatic hydroxyl groups excluding tert-OH is 1. The third-order valence-electron chi connectivity index (χ3n) is 1.55. The van der Waals surface area contributed by atoms with Crippen LogP contribution in [0.2, 0.25) is 0 Å². The summed E-state index contributed by atoms with van der Waals surface area (Å²) >= 11 is 0. The first-order valence-electron chi connectivity index (χ1n) is 3.97. The number of phenolic OH excluding ortho intramolecular Hbond substituents is 1. The first-order valence-corrected chi connectivity index (χ1v) is 3.97. The number of para-hydroxylation sites is 2. The molecule has 0 atom stereocenters. The molecular formula is C9H13NO2. The maximum absolute atomic E-state index is 9.28. The summed E-state index contributed by atoms with van der Waals surface area (Å²) < 4.78 is 0. The molecule has 0 fully saturated rings. The van der Waals surface area contributed by atoms with Crippen molar-refractivity contribution in [2.75, 3.05) is 18.5 Å². The summed E-state index contributed by atoms with van der Waals surface area (Å²) in [6.07, 6.45) is 0.689. The summed E-state index contributed by atoms with van der Waals surface area (Å²) in [6.45, 7) is 0.842. The van der Waals surface area contributed by atoms with Gasteiger partial charge in [-0.1, -0.05) is 12.1 Å². The summed E-state index contributed by atoms with van der Waals surface area (Å²) in [7, 11) is 0. The van der Waals surface area contributed by atoms with Crippen LogP contribution in [0.4, 0.5) is 5.69 Å². The maximum Gasteiger partial charge on any atom is 0.138 e. The first kappa shape index (κ1) is 8.87. The summed E-state index contributed by atoms with van der Waals surface area (Å²) in [4.78, 5) is 0. The molecule has 0 bridgehead atoms. The smallest absolute Gasteiger partial charge is 0.138 e. The molecule has 3 N–H and O–H groups in total. The van der Waals surface area contributed by atoms with Gasteiger partial charge in [0.25, 0.3) is 0 Å². The van der Waals surface area contributed by atoms with Crippen LogP contribution in [0.3, 0.4) is 0 Å². The summed E-state index contributed by atoms with van der Waals surface area (Å²) in [5.41, 5.74) is 0.714. The molecule has 0 aliphatic heterocycles. The molecule has 0 aromatic heterocycles. The van der Waals surface area contributed by atoms with Crippen molar-refractivity contribution in [2.45, 2.75) is 6.42 Å². The van der Waals surface area contributed by atoms with Gasteiger partial charge in [-0.05, 0) is 18.6 Å². The fraction of sp³-hybridized carbons (Fsp3) is 0.333. The van der Waals surface area contributed by atoms with Crippen molar-refractivity contribution in [3.8, 4) is 5.75 Å². The van der Waals surface area contributed by atoms with Crippen molar-refractivity contribution in [1.29, 1.82) is 0 Å². The monoisotopic (exact) mass is 167 g/mol. The van der Waals surface area contributed by atoms with Crippen molar-refractivity contribution >= 4 is 5.69 Å². The van der Waals surface area contributed by atoms with Gasteiger partial charge < -0.3 is 15.5 Å². The number of hydrogen-bond donors (Lipinski definition) is 3. The fourth-order valence-electron chi connectivity index (χ4n) is 0.925. The Morgan fingerprint density at radius 3 is 2.67 bits per heavy atom. The Morgan fingerprint density at radius 2 is 2.00 bits per heavy atom. The van der Waals surface area contributed by atoms with E-state index in [1.807, 2.05) is 6.07 Å². The predicted molar refractivity (Wildman–Crippen MR) is 48.3 cm³/mol. The highest BCUT2D eigenvalue weighted by Gasteiger charge is 1.95. The molecule has 0 unspecified atom stereocenters. The summed E-state index contributed by atoms with van der Waals surface area (Å²) in [6, 6.07) is 7.04. The molecule has 0 aliphatic rings. The minimum absolute atomic E-state index is 0.167. The molecule has 1 aromatic carbocycles. The first-order chi connectivity index (χ1) is 5.84. The van der Waals surface area contributed by atoms with Gasteiger partial charge in [-0.25, -0.2) is 0 Å². The number of phenols is 1. The lowest BCUT2D eigenvalue weighted by molar-refractivity contribution is 0.292. The van der Waals surface area contributed by atoms with Crippen LogP contribution in [0.1, 0.15) is 6.42 Å². The Kier molecular flexibility index (Phi) is 3.41. The highest BCUT2D eigenvalue weighted by atomic mass is 16.3. The van der Waals surface area contributed by atoms with E-state index < -0.39 is 0 Å². The molecule has 66 valence electrons. The van der Waals surface area contributed by atoms with Crippen molar-refractivity contribution in [3.63, 3.8) is 0 Å². The van der Waals surface area contributed by atoms with E-state index >= 15 is 0 Å². The van der Waals surface area contributed by atoms with E-state index in [4.69, 9.17) is 5.11 Å². The zero-order valence-electron chi connectivity index (χ0n) is 6.83. The van der Waals surface area contributed by atoms with Gasteiger partial charge in [0.05, 0.1) is 5.69 Å². The highest BCUT2D eigenvalue weighted by molar-refractivity contribution is 5.54. The average molecular weight is 167 g/mol. The Bertz CT molecular complexity index is 238. The lowest BCUT2D eigenvalue weighted by Crippen LogP contribution is -2.03. The normalized spacial score (nSPS) is 9.75. The topological polar surface area (TPSA) is 52.5 Å². The van der Waals surface area contributed by atoms with E-state index in [-0.39, 0.29) is 12.4 Å². The van der Waals surface area contributed by atoms with Crippen molar-refractivity contribution in [3.05, 3.63) is 24.3 Å². The standard InChI is InChI=1S/C9H13NO2/c11-7-3-6-10-8-4-1-2-5-9(8)12/h1-2,4-5,10-12H,3,6-7H2. The Balaban J connectivity index is 2.46. The molecule has 0 spiro atoms. The number of rotatable bonds is 4. The van der Waals surface area contributed by atoms with E-state index in [9.17, 15) is 5.11 Å². The van der Waals surface area contributed by atoms with Gasteiger partial charge in [0, 0.05) is 13.2 Å². The number of hydrogen-bond acceptors (Lipinski definition) is 3. The third kappa shape index (κ3) is 2.43.